The van der Waals surface area contributed by atoms with Crippen LogP contribution in [0.5, 0.6) is 0 Å². The van der Waals surface area contributed by atoms with Gasteiger partial charge in [0, 0.05) is 6.04 Å². The van der Waals surface area contributed by atoms with Gasteiger partial charge < -0.3 is 5.32 Å². The number of nitrogens with one attached hydrogen (secondary N) is 2. The monoisotopic (exact) mass is 262 g/mol. The highest BCUT2D eigenvalue weighted by Gasteiger charge is 2.42. The zero-order chi connectivity index (χ0) is 13.6. The number of amides is 1. The van der Waals surface area contributed by atoms with Crippen molar-refractivity contribution in [1.29, 1.82) is 0 Å². The van der Waals surface area contributed by atoms with Gasteiger partial charge in [-0.25, -0.2) is 0 Å². The van der Waals surface area contributed by atoms with Gasteiger partial charge in [-0.2, -0.15) is 13.2 Å². The summed E-state index contributed by atoms with van der Waals surface area (Å²) in [5, 5.41) is 5.31. The summed E-state index contributed by atoms with van der Waals surface area (Å²) in [6.07, 6.45) is 2.07. The first kappa shape index (κ1) is 14.8. The van der Waals surface area contributed by atoms with Crippen molar-refractivity contribution in [3.63, 3.8) is 0 Å². The van der Waals surface area contributed by atoms with E-state index in [2.05, 4.69) is 16.6 Å². The van der Waals surface area contributed by atoms with Gasteiger partial charge in [0.25, 0.3) is 0 Å². The molecule has 1 fully saturated rings. The maximum absolute atomic E-state index is 12.6. The van der Waals surface area contributed by atoms with Gasteiger partial charge in [-0.3, -0.25) is 10.1 Å². The van der Waals surface area contributed by atoms with E-state index >= 15 is 0 Å². The third kappa shape index (κ3) is 4.96. The van der Waals surface area contributed by atoms with Crippen LogP contribution in [0.15, 0.2) is 0 Å². The molecule has 1 saturated carbocycles. The molecule has 2 unspecified atom stereocenters. The van der Waals surface area contributed by atoms with Crippen molar-refractivity contribution in [3.8, 4) is 12.3 Å². The van der Waals surface area contributed by atoms with Gasteiger partial charge >= 0.3 is 6.18 Å². The van der Waals surface area contributed by atoms with Crippen molar-refractivity contribution >= 4 is 5.91 Å². The molecule has 0 spiro atoms. The lowest BCUT2D eigenvalue weighted by Crippen LogP contribution is -2.44. The lowest BCUT2D eigenvalue weighted by atomic mass is 9.85. The Hall–Kier alpha value is -1.22. The number of alkyl halides is 3. The van der Waals surface area contributed by atoms with Crippen molar-refractivity contribution in [3.05, 3.63) is 0 Å². The lowest BCUT2D eigenvalue weighted by molar-refractivity contribution is -0.184. The fourth-order valence-electron chi connectivity index (χ4n) is 2.15. The molecule has 1 rings (SSSR count). The molecular formula is C12H17F3N2O. The van der Waals surface area contributed by atoms with Gasteiger partial charge in [-0.1, -0.05) is 12.3 Å². The average molecular weight is 262 g/mol. The molecule has 1 aliphatic carbocycles. The highest BCUT2D eigenvalue weighted by Crippen LogP contribution is 2.37. The van der Waals surface area contributed by atoms with Crippen molar-refractivity contribution in [2.75, 3.05) is 13.1 Å². The summed E-state index contributed by atoms with van der Waals surface area (Å²) in [7, 11) is 0. The number of halogens is 3. The zero-order valence-electron chi connectivity index (χ0n) is 10.0. The van der Waals surface area contributed by atoms with Crippen LogP contribution < -0.4 is 10.6 Å². The van der Waals surface area contributed by atoms with E-state index in [1.807, 2.05) is 0 Å². The van der Waals surface area contributed by atoms with Crippen LogP contribution in [0.4, 0.5) is 13.2 Å². The fourth-order valence-corrected chi connectivity index (χ4v) is 2.15. The van der Waals surface area contributed by atoms with E-state index in [0.717, 1.165) is 0 Å². The van der Waals surface area contributed by atoms with E-state index in [4.69, 9.17) is 6.42 Å². The van der Waals surface area contributed by atoms with Crippen LogP contribution in [0.25, 0.3) is 0 Å². The molecule has 1 amide bonds. The Morgan fingerprint density at radius 3 is 2.72 bits per heavy atom. The number of carbonyl (C=O) groups is 1. The molecule has 0 bridgehead atoms. The second-order valence-electron chi connectivity index (χ2n) is 4.48. The van der Waals surface area contributed by atoms with Crippen LogP contribution in [0.3, 0.4) is 0 Å². The molecule has 3 nitrogen and oxygen atoms in total. The molecule has 0 heterocycles. The molecule has 18 heavy (non-hydrogen) atoms. The van der Waals surface area contributed by atoms with Crippen LogP contribution >= 0.6 is 0 Å². The molecule has 0 saturated heterocycles. The van der Waals surface area contributed by atoms with Crippen LogP contribution in [0.1, 0.15) is 25.7 Å². The largest absolute Gasteiger partial charge is 0.391 e. The van der Waals surface area contributed by atoms with Gasteiger partial charge in [-0.15, -0.1) is 6.42 Å². The predicted molar refractivity (Wildman–Crippen MR) is 61.6 cm³/mol. The maximum Gasteiger partial charge on any atom is 0.391 e. The van der Waals surface area contributed by atoms with Crippen LogP contribution in [0.2, 0.25) is 0 Å². The Morgan fingerprint density at radius 2 is 2.11 bits per heavy atom. The lowest BCUT2D eigenvalue weighted by Gasteiger charge is -2.31. The van der Waals surface area contributed by atoms with Crippen LogP contribution in [0, 0.1) is 18.3 Å². The average Bonchev–Trinajstić information content (AvgIpc) is 2.28. The first-order valence-electron chi connectivity index (χ1n) is 5.93. The SMILES string of the molecule is C#CCNCC(=O)NC1CCCC(C(F)(F)F)C1. The van der Waals surface area contributed by atoms with Crippen LogP contribution in [-0.2, 0) is 4.79 Å². The van der Waals surface area contributed by atoms with Crippen LogP contribution in [-0.4, -0.2) is 31.2 Å². The van der Waals surface area contributed by atoms with Crippen molar-refractivity contribution in [2.24, 2.45) is 5.92 Å². The minimum absolute atomic E-state index is 0.0234. The van der Waals surface area contributed by atoms with Crippen molar-refractivity contribution in [1.82, 2.24) is 10.6 Å². The Bertz CT molecular complexity index is 322. The molecule has 2 atom stereocenters. The molecule has 2 N–H and O–H groups in total. The van der Waals surface area contributed by atoms with E-state index in [9.17, 15) is 18.0 Å². The van der Waals surface area contributed by atoms with E-state index in [1.54, 1.807) is 0 Å². The molecule has 0 aromatic rings. The summed E-state index contributed by atoms with van der Waals surface area (Å²) in [4.78, 5) is 11.4. The molecular weight excluding hydrogens is 245 g/mol. The first-order valence-corrected chi connectivity index (χ1v) is 5.93. The summed E-state index contributed by atoms with van der Waals surface area (Å²) in [5.41, 5.74) is 0. The van der Waals surface area contributed by atoms with Gasteiger partial charge in [0.15, 0.2) is 0 Å². The number of terminal acetylenes is 1. The summed E-state index contributed by atoms with van der Waals surface area (Å²) >= 11 is 0. The highest BCUT2D eigenvalue weighted by molar-refractivity contribution is 5.78. The molecule has 0 radical (unpaired) electrons. The number of hydrogen-bond acceptors (Lipinski definition) is 2. The number of rotatable bonds is 4. The summed E-state index contributed by atoms with van der Waals surface area (Å²) < 4.78 is 37.7. The third-order valence-corrected chi connectivity index (χ3v) is 3.01. The molecule has 1 aliphatic rings. The predicted octanol–water partition coefficient (Wildman–Crippen LogP) is 1.45. The molecule has 0 aromatic carbocycles. The Kier molecular flexibility index (Phi) is 5.48. The zero-order valence-corrected chi connectivity index (χ0v) is 10.0. The standard InChI is InChI=1S/C12H17F3N2O/c1-2-6-16-8-11(18)17-10-5-3-4-9(7-10)12(13,14)15/h1,9-10,16H,3-8H2,(H,17,18). The Labute approximate surface area is 105 Å². The molecule has 6 heteroatoms. The first-order chi connectivity index (χ1) is 8.43. The minimum Gasteiger partial charge on any atom is -0.352 e. The van der Waals surface area contributed by atoms with E-state index in [0.29, 0.717) is 12.8 Å². The quantitative estimate of drug-likeness (QED) is 0.594. The summed E-state index contributed by atoms with van der Waals surface area (Å²) in [6, 6.07) is -0.384. The van der Waals surface area contributed by atoms with Gasteiger partial charge in [0.2, 0.25) is 5.91 Å². The Morgan fingerprint density at radius 1 is 1.39 bits per heavy atom. The van der Waals surface area contributed by atoms with Gasteiger partial charge in [0.05, 0.1) is 19.0 Å². The Balaban J connectivity index is 2.34. The maximum atomic E-state index is 12.6. The van der Waals surface area contributed by atoms with Crippen molar-refractivity contribution < 1.29 is 18.0 Å². The topological polar surface area (TPSA) is 41.1 Å². The second-order valence-corrected chi connectivity index (χ2v) is 4.48. The van der Waals surface area contributed by atoms with E-state index in [-0.39, 0.29) is 37.9 Å². The number of carbonyl (C=O) groups excluding carboxylic acids is 1. The summed E-state index contributed by atoms with van der Waals surface area (Å²) in [5.74, 6) is 0.710. The molecule has 102 valence electrons. The van der Waals surface area contributed by atoms with E-state index < -0.39 is 12.1 Å². The minimum atomic E-state index is -4.16. The third-order valence-electron chi connectivity index (χ3n) is 3.01. The summed E-state index contributed by atoms with van der Waals surface area (Å²) in [6.45, 7) is 0.306. The fraction of sp³-hybridized carbons (Fsp3) is 0.750. The molecule has 0 aliphatic heterocycles. The highest BCUT2D eigenvalue weighted by atomic mass is 19.4. The molecule has 0 aromatic heterocycles. The van der Waals surface area contributed by atoms with Gasteiger partial charge in [-0.05, 0) is 19.3 Å². The number of hydrogen-bond donors (Lipinski definition) is 2. The second kappa shape index (κ2) is 6.64. The van der Waals surface area contributed by atoms with Gasteiger partial charge in [0.1, 0.15) is 0 Å². The smallest absolute Gasteiger partial charge is 0.352 e. The normalized spacial score (nSPS) is 24.3. The van der Waals surface area contributed by atoms with Crippen molar-refractivity contribution in [2.45, 2.75) is 37.9 Å². The van der Waals surface area contributed by atoms with E-state index in [1.165, 1.54) is 0 Å².